The second-order valence-electron chi connectivity index (χ2n) is 15.2. The molecule has 0 unspecified atom stereocenters. The van der Waals surface area contributed by atoms with E-state index in [4.69, 9.17) is 29.9 Å². The molecule has 0 aliphatic heterocycles. The average molecular weight is 795 g/mol. The van der Waals surface area contributed by atoms with Gasteiger partial charge in [-0.3, -0.25) is 4.57 Å². The number of rotatable bonds is 7. The molecule has 12 aromatic rings. The minimum absolute atomic E-state index is 0.553. The summed E-state index contributed by atoms with van der Waals surface area (Å²) in [6.45, 7) is 0. The molecule has 0 fully saturated rings. The van der Waals surface area contributed by atoms with E-state index in [0.717, 1.165) is 71.7 Å². The fourth-order valence-electron chi connectivity index (χ4n) is 8.59. The van der Waals surface area contributed by atoms with Crippen molar-refractivity contribution in [1.82, 2.24) is 39.0 Å². The Hall–Kier alpha value is -8.62. The first-order valence-electron chi connectivity index (χ1n) is 20.6. The average Bonchev–Trinajstić information content (AvgIpc) is 3.88. The van der Waals surface area contributed by atoms with E-state index < -0.39 is 0 Å². The lowest BCUT2D eigenvalue weighted by atomic mass is 10.1. The van der Waals surface area contributed by atoms with Crippen LogP contribution in [0.4, 0.5) is 0 Å². The van der Waals surface area contributed by atoms with Gasteiger partial charge in [-0.2, -0.15) is 9.97 Å². The number of para-hydroxylation sites is 2. The second kappa shape index (κ2) is 14.6. The van der Waals surface area contributed by atoms with Crippen molar-refractivity contribution in [2.24, 2.45) is 0 Å². The van der Waals surface area contributed by atoms with Gasteiger partial charge in [0, 0.05) is 55.0 Å². The van der Waals surface area contributed by atoms with E-state index in [2.05, 4.69) is 94.1 Å². The summed E-state index contributed by atoms with van der Waals surface area (Å²) >= 11 is 0. The van der Waals surface area contributed by atoms with Crippen molar-refractivity contribution in [3.8, 4) is 68.6 Å². The van der Waals surface area contributed by atoms with Crippen LogP contribution in [0.3, 0.4) is 0 Å². The van der Waals surface area contributed by atoms with Crippen LogP contribution in [0.5, 0.6) is 0 Å². The molecule has 8 aromatic carbocycles. The van der Waals surface area contributed by atoms with Gasteiger partial charge >= 0.3 is 0 Å². The molecule has 0 radical (unpaired) electrons. The molecule has 0 bridgehead atoms. The third-order valence-corrected chi connectivity index (χ3v) is 11.4. The molecule has 0 saturated heterocycles. The van der Waals surface area contributed by atoms with Crippen LogP contribution >= 0.6 is 0 Å². The van der Waals surface area contributed by atoms with Crippen molar-refractivity contribution in [2.45, 2.75) is 0 Å². The molecule has 12 rings (SSSR count). The zero-order valence-electron chi connectivity index (χ0n) is 33.2. The van der Waals surface area contributed by atoms with Gasteiger partial charge in [0.15, 0.2) is 29.1 Å². The van der Waals surface area contributed by atoms with Crippen molar-refractivity contribution in [3.05, 3.63) is 206 Å². The zero-order valence-corrected chi connectivity index (χ0v) is 33.2. The molecule has 0 saturated carbocycles. The molecular formula is C54H34N8. The first-order chi connectivity index (χ1) is 30.7. The Kier molecular flexibility index (Phi) is 8.31. The van der Waals surface area contributed by atoms with Gasteiger partial charge in [0.05, 0.1) is 22.1 Å². The van der Waals surface area contributed by atoms with Gasteiger partial charge in [0.1, 0.15) is 0 Å². The van der Waals surface area contributed by atoms with E-state index >= 15 is 0 Å². The SMILES string of the molecule is c1ccc(-c2nc(-c3ccccc3)nc(-c3ccc(-n4c5ccccc5c5ccc6c(c7ccccc7n6-c6nc(-c7ccccc7)nc(-c7ccccc7)n6)c54)cc3)n2)cc1. The normalized spacial score (nSPS) is 11.5. The molecule has 8 nitrogen and oxygen atoms in total. The van der Waals surface area contributed by atoms with E-state index in [1.54, 1.807) is 0 Å². The first kappa shape index (κ1) is 35.3. The van der Waals surface area contributed by atoms with E-state index in [0.29, 0.717) is 35.1 Å². The van der Waals surface area contributed by atoms with Gasteiger partial charge < -0.3 is 4.57 Å². The minimum Gasteiger partial charge on any atom is -0.309 e. The molecule has 290 valence electrons. The molecule has 0 N–H and O–H groups in total. The van der Waals surface area contributed by atoms with Gasteiger partial charge in [0.2, 0.25) is 5.95 Å². The van der Waals surface area contributed by atoms with Crippen molar-refractivity contribution < 1.29 is 0 Å². The molecular weight excluding hydrogens is 761 g/mol. The highest BCUT2D eigenvalue weighted by Gasteiger charge is 2.23. The maximum atomic E-state index is 5.18. The predicted molar refractivity (Wildman–Crippen MR) is 249 cm³/mol. The van der Waals surface area contributed by atoms with Crippen LogP contribution in [-0.2, 0) is 0 Å². The molecule has 0 aliphatic rings. The summed E-state index contributed by atoms with van der Waals surface area (Å²) in [6, 6.07) is 70.5. The number of benzene rings is 8. The third-order valence-electron chi connectivity index (χ3n) is 11.4. The number of hydrogen-bond acceptors (Lipinski definition) is 6. The van der Waals surface area contributed by atoms with Crippen LogP contribution in [0.2, 0.25) is 0 Å². The van der Waals surface area contributed by atoms with Crippen LogP contribution < -0.4 is 0 Å². The van der Waals surface area contributed by atoms with E-state index in [1.165, 1.54) is 5.39 Å². The Balaban J connectivity index is 1.07. The second-order valence-corrected chi connectivity index (χ2v) is 15.2. The quantitative estimate of drug-likeness (QED) is 0.160. The van der Waals surface area contributed by atoms with Crippen LogP contribution in [0, 0.1) is 0 Å². The largest absolute Gasteiger partial charge is 0.309 e. The maximum Gasteiger partial charge on any atom is 0.238 e. The lowest BCUT2D eigenvalue weighted by Gasteiger charge is -2.12. The summed E-state index contributed by atoms with van der Waals surface area (Å²) in [5.74, 6) is 3.65. The molecule has 0 spiro atoms. The first-order valence-corrected chi connectivity index (χ1v) is 20.6. The summed E-state index contributed by atoms with van der Waals surface area (Å²) < 4.78 is 4.56. The highest BCUT2D eigenvalue weighted by atomic mass is 15.2. The van der Waals surface area contributed by atoms with Gasteiger partial charge in [0.25, 0.3) is 0 Å². The predicted octanol–water partition coefficient (Wildman–Crippen LogP) is 12.6. The Morgan fingerprint density at radius 3 is 1.13 bits per heavy atom. The van der Waals surface area contributed by atoms with E-state index in [9.17, 15) is 0 Å². The van der Waals surface area contributed by atoms with Gasteiger partial charge in [-0.15, -0.1) is 0 Å². The number of aromatic nitrogens is 8. The third kappa shape index (κ3) is 5.92. The van der Waals surface area contributed by atoms with Crippen LogP contribution in [-0.4, -0.2) is 39.0 Å². The standard InChI is InChI=1S/C54H34N8/c1-5-17-35(18-6-1)49-55-50(36-19-7-2-8-20-36)57-51(56-49)39-29-31-40(32-30-39)61-44-27-15-13-25-41(44)42-33-34-46-47(48(42)61)43-26-14-16-28-45(43)62(46)54-59-52(37-21-9-3-10-22-37)58-53(60-54)38-23-11-4-12-24-38/h1-34H. The summed E-state index contributed by atoms with van der Waals surface area (Å²) in [5, 5.41) is 4.53. The number of nitrogens with zero attached hydrogens (tertiary/aromatic N) is 8. The Morgan fingerprint density at radius 2 is 0.645 bits per heavy atom. The fourth-order valence-corrected chi connectivity index (χ4v) is 8.59. The van der Waals surface area contributed by atoms with E-state index in [1.807, 2.05) is 121 Å². The van der Waals surface area contributed by atoms with Crippen molar-refractivity contribution >= 4 is 43.6 Å². The molecule has 0 aliphatic carbocycles. The summed E-state index contributed by atoms with van der Waals surface area (Å²) in [5.41, 5.74) is 9.83. The molecule has 4 aromatic heterocycles. The van der Waals surface area contributed by atoms with Crippen LogP contribution in [0.25, 0.3) is 112 Å². The lowest BCUT2D eigenvalue weighted by molar-refractivity contribution is 0.953. The Morgan fingerprint density at radius 1 is 0.258 bits per heavy atom. The van der Waals surface area contributed by atoms with Crippen molar-refractivity contribution in [1.29, 1.82) is 0 Å². The van der Waals surface area contributed by atoms with Gasteiger partial charge in [-0.25, -0.2) is 19.9 Å². The van der Waals surface area contributed by atoms with E-state index in [-0.39, 0.29) is 0 Å². The van der Waals surface area contributed by atoms with Gasteiger partial charge in [-0.1, -0.05) is 164 Å². The monoisotopic (exact) mass is 794 g/mol. The van der Waals surface area contributed by atoms with Crippen LogP contribution in [0.15, 0.2) is 206 Å². The zero-order chi connectivity index (χ0) is 41.0. The Labute approximate surface area is 356 Å². The minimum atomic E-state index is 0.553. The van der Waals surface area contributed by atoms with Crippen molar-refractivity contribution in [3.63, 3.8) is 0 Å². The smallest absolute Gasteiger partial charge is 0.238 e. The lowest BCUT2D eigenvalue weighted by Crippen LogP contribution is -2.06. The Bertz CT molecular complexity index is 3490. The van der Waals surface area contributed by atoms with Crippen LogP contribution in [0.1, 0.15) is 0 Å². The maximum absolute atomic E-state index is 5.18. The highest BCUT2D eigenvalue weighted by Crippen LogP contribution is 2.42. The number of hydrogen-bond donors (Lipinski definition) is 0. The topological polar surface area (TPSA) is 87.2 Å². The van der Waals surface area contributed by atoms with Crippen molar-refractivity contribution in [2.75, 3.05) is 0 Å². The fraction of sp³-hybridized carbons (Fsp3) is 0. The van der Waals surface area contributed by atoms with Gasteiger partial charge in [-0.05, 0) is 42.5 Å². The summed E-state index contributed by atoms with van der Waals surface area (Å²) in [4.78, 5) is 30.3. The summed E-state index contributed by atoms with van der Waals surface area (Å²) in [7, 11) is 0. The molecule has 62 heavy (non-hydrogen) atoms. The highest BCUT2D eigenvalue weighted by molar-refractivity contribution is 6.26. The molecule has 4 heterocycles. The molecule has 0 amide bonds. The summed E-state index contributed by atoms with van der Waals surface area (Å²) in [6.07, 6.45) is 0. The molecule has 0 atom stereocenters. The number of fused-ring (bicyclic) bond motifs is 7. The molecule has 8 heteroatoms.